The van der Waals surface area contributed by atoms with Gasteiger partial charge in [-0.1, -0.05) is 25.5 Å². The predicted molar refractivity (Wildman–Crippen MR) is 66.9 cm³/mol. The van der Waals surface area contributed by atoms with Gasteiger partial charge < -0.3 is 10.1 Å². The molecule has 0 bridgehead atoms. The van der Waals surface area contributed by atoms with E-state index in [0.717, 1.165) is 18.1 Å². The van der Waals surface area contributed by atoms with Gasteiger partial charge in [0.2, 0.25) is 0 Å². The van der Waals surface area contributed by atoms with Crippen LogP contribution < -0.4 is 10.1 Å². The van der Waals surface area contributed by atoms with Crippen LogP contribution >= 0.6 is 0 Å². The molecule has 2 rings (SSSR count). The molecule has 1 heterocycles. The van der Waals surface area contributed by atoms with Gasteiger partial charge in [0.1, 0.15) is 5.75 Å². The fraction of sp³-hybridized carbons (Fsp3) is 0.571. The standard InChI is InChI=1S/C14H21NO/c1-3-12-7-8-15-14(12)10-11-5-4-6-13(9-11)16-2/h4-6,9,12,14-15H,3,7-8,10H2,1-2H3. The number of hydrogen-bond acceptors (Lipinski definition) is 2. The second-order valence-corrected chi connectivity index (χ2v) is 4.57. The van der Waals surface area contributed by atoms with Crippen LogP contribution in [0, 0.1) is 5.92 Å². The zero-order valence-electron chi connectivity index (χ0n) is 10.2. The van der Waals surface area contributed by atoms with Gasteiger partial charge in [-0.2, -0.15) is 0 Å². The van der Waals surface area contributed by atoms with Crippen LogP contribution in [0.4, 0.5) is 0 Å². The summed E-state index contributed by atoms with van der Waals surface area (Å²) in [4.78, 5) is 0. The van der Waals surface area contributed by atoms with E-state index in [1.165, 1.54) is 24.9 Å². The van der Waals surface area contributed by atoms with Crippen LogP contribution in [0.15, 0.2) is 24.3 Å². The number of methoxy groups -OCH3 is 1. The molecule has 0 amide bonds. The Morgan fingerprint density at radius 3 is 3.06 bits per heavy atom. The van der Waals surface area contributed by atoms with Gasteiger partial charge in [0, 0.05) is 6.04 Å². The average Bonchev–Trinajstić information content (AvgIpc) is 2.76. The number of benzene rings is 1. The largest absolute Gasteiger partial charge is 0.497 e. The second-order valence-electron chi connectivity index (χ2n) is 4.57. The normalized spacial score (nSPS) is 24.6. The lowest BCUT2D eigenvalue weighted by molar-refractivity contribution is 0.411. The van der Waals surface area contributed by atoms with Crippen LogP contribution in [-0.4, -0.2) is 19.7 Å². The van der Waals surface area contributed by atoms with Crippen molar-refractivity contribution in [2.75, 3.05) is 13.7 Å². The third-order valence-electron chi connectivity index (χ3n) is 3.60. The molecule has 1 aliphatic heterocycles. The Bertz CT molecular complexity index is 337. The minimum atomic E-state index is 0.650. The highest BCUT2D eigenvalue weighted by molar-refractivity contribution is 5.29. The Balaban J connectivity index is 2.02. The number of rotatable bonds is 4. The fourth-order valence-corrected chi connectivity index (χ4v) is 2.60. The van der Waals surface area contributed by atoms with Gasteiger partial charge in [-0.15, -0.1) is 0 Å². The summed E-state index contributed by atoms with van der Waals surface area (Å²) in [6, 6.07) is 9.06. The summed E-state index contributed by atoms with van der Waals surface area (Å²) in [5, 5.41) is 3.60. The monoisotopic (exact) mass is 219 g/mol. The molecule has 0 radical (unpaired) electrons. The molecule has 2 unspecified atom stereocenters. The first-order valence-electron chi connectivity index (χ1n) is 6.19. The highest BCUT2D eigenvalue weighted by Gasteiger charge is 2.24. The Morgan fingerprint density at radius 2 is 2.31 bits per heavy atom. The van der Waals surface area contributed by atoms with Crippen molar-refractivity contribution in [3.05, 3.63) is 29.8 Å². The van der Waals surface area contributed by atoms with Gasteiger partial charge in [0.15, 0.2) is 0 Å². The lowest BCUT2D eigenvalue weighted by Gasteiger charge is -2.18. The fourth-order valence-electron chi connectivity index (χ4n) is 2.60. The maximum Gasteiger partial charge on any atom is 0.119 e. The van der Waals surface area contributed by atoms with Gasteiger partial charge in [0.25, 0.3) is 0 Å². The summed E-state index contributed by atoms with van der Waals surface area (Å²) >= 11 is 0. The van der Waals surface area contributed by atoms with Crippen LogP contribution in [0.3, 0.4) is 0 Å². The first-order chi connectivity index (χ1) is 7.83. The molecule has 0 aliphatic carbocycles. The van der Waals surface area contributed by atoms with Crippen molar-refractivity contribution < 1.29 is 4.74 Å². The summed E-state index contributed by atoms with van der Waals surface area (Å²) < 4.78 is 5.25. The molecule has 2 nitrogen and oxygen atoms in total. The Hall–Kier alpha value is -1.02. The second kappa shape index (κ2) is 5.35. The number of nitrogens with one attached hydrogen (secondary N) is 1. The van der Waals surface area contributed by atoms with E-state index in [9.17, 15) is 0 Å². The highest BCUT2D eigenvalue weighted by Crippen LogP contribution is 2.23. The predicted octanol–water partition coefficient (Wildman–Crippen LogP) is 2.63. The molecule has 0 spiro atoms. The van der Waals surface area contributed by atoms with Gasteiger partial charge >= 0.3 is 0 Å². The summed E-state index contributed by atoms with van der Waals surface area (Å²) in [5.41, 5.74) is 1.37. The topological polar surface area (TPSA) is 21.3 Å². The lowest BCUT2D eigenvalue weighted by atomic mass is 9.93. The number of hydrogen-bond donors (Lipinski definition) is 1. The molecule has 0 aromatic heterocycles. The minimum absolute atomic E-state index is 0.650. The quantitative estimate of drug-likeness (QED) is 0.840. The van der Waals surface area contributed by atoms with E-state index in [1.54, 1.807) is 7.11 Å². The summed E-state index contributed by atoms with van der Waals surface area (Å²) in [7, 11) is 1.72. The molecular formula is C14H21NO. The molecule has 1 aliphatic rings. The molecule has 88 valence electrons. The van der Waals surface area contributed by atoms with E-state index in [4.69, 9.17) is 4.74 Å². The van der Waals surface area contributed by atoms with Gasteiger partial charge in [-0.05, 0) is 43.0 Å². The summed E-state index contributed by atoms with van der Waals surface area (Å²) in [6.07, 6.45) is 3.72. The first kappa shape index (κ1) is 11.5. The third-order valence-corrected chi connectivity index (χ3v) is 3.60. The smallest absolute Gasteiger partial charge is 0.119 e. The van der Waals surface area contributed by atoms with Crippen molar-refractivity contribution in [1.82, 2.24) is 5.32 Å². The van der Waals surface area contributed by atoms with E-state index in [2.05, 4.69) is 30.4 Å². The van der Waals surface area contributed by atoms with E-state index in [1.807, 2.05) is 6.07 Å². The van der Waals surface area contributed by atoms with Crippen molar-refractivity contribution in [2.45, 2.75) is 32.2 Å². The highest BCUT2D eigenvalue weighted by atomic mass is 16.5. The van der Waals surface area contributed by atoms with Crippen LogP contribution in [0.5, 0.6) is 5.75 Å². The van der Waals surface area contributed by atoms with E-state index >= 15 is 0 Å². The van der Waals surface area contributed by atoms with Gasteiger partial charge in [-0.3, -0.25) is 0 Å². The molecule has 1 fully saturated rings. The average molecular weight is 219 g/mol. The molecule has 1 aromatic rings. The molecule has 1 saturated heterocycles. The van der Waals surface area contributed by atoms with Crippen molar-refractivity contribution in [2.24, 2.45) is 5.92 Å². The van der Waals surface area contributed by atoms with Crippen LogP contribution in [0.2, 0.25) is 0 Å². The molecule has 16 heavy (non-hydrogen) atoms. The molecule has 0 saturated carbocycles. The Kier molecular flexibility index (Phi) is 3.83. The lowest BCUT2D eigenvalue weighted by Crippen LogP contribution is -2.29. The van der Waals surface area contributed by atoms with Crippen molar-refractivity contribution >= 4 is 0 Å². The minimum Gasteiger partial charge on any atom is -0.497 e. The maximum atomic E-state index is 5.25. The first-order valence-corrected chi connectivity index (χ1v) is 6.19. The van der Waals surface area contributed by atoms with Crippen molar-refractivity contribution in [1.29, 1.82) is 0 Å². The van der Waals surface area contributed by atoms with Crippen molar-refractivity contribution in [3.8, 4) is 5.75 Å². The van der Waals surface area contributed by atoms with E-state index in [-0.39, 0.29) is 0 Å². The third kappa shape index (κ3) is 2.56. The van der Waals surface area contributed by atoms with E-state index < -0.39 is 0 Å². The Labute approximate surface area is 98.0 Å². The van der Waals surface area contributed by atoms with Crippen LogP contribution in [0.1, 0.15) is 25.3 Å². The van der Waals surface area contributed by atoms with E-state index in [0.29, 0.717) is 6.04 Å². The molecule has 1 N–H and O–H groups in total. The maximum absolute atomic E-state index is 5.25. The SMILES string of the molecule is CCC1CCNC1Cc1cccc(OC)c1. The zero-order valence-corrected chi connectivity index (χ0v) is 10.2. The summed E-state index contributed by atoms with van der Waals surface area (Å²) in [6.45, 7) is 3.46. The van der Waals surface area contributed by atoms with Crippen LogP contribution in [0.25, 0.3) is 0 Å². The summed E-state index contributed by atoms with van der Waals surface area (Å²) in [5.74, 6) is 1.80. The van der Waals surface area contributed by atoms with Gasteiger partial charge in [-0.25, -0.2) is 0 Å². The Morgan fingerprint density at radius 1 is 1.44 bits per heavy atom. The molecule has 2 atom stereocenters. The van der Waals surface area contributed by atoms with Crippen molar-refractivity contribution in [3.63, 3.8) is 0 Å². The van der Waals surface area contributed by atoms with Gasteiger partial charge in [0.05, 0.1) is 7.11 Å². The van der Waals surface area contributed by atoms with Crippen LogP contribution in [-0.2, 0) is 6.42 Å². The zero-order chi connectivity index (χ0) is 11.4. The number of ether oxygens (including phenoxy) is 1. The molecule has 1 aromatic carbocycles. The molecular weight excluding hydrogens is 198 g/mol. The molecule has 2 heteroatoms.